The van der Waals surface area contributed by atoms with E-state index in [0.717, 1.165) is 0 Å². The van der Waals surface area contributed by atoms with Crippen molar-refractivity contribution in [3.8, 4) is 0 Å². The SMILES string of the molecule is CCCCC(NCCC)C1(N(CC)CC)CCCC1. The van der Waals surface area contributed by atoms with E-state index in [1.165, 1.54) is 71.0 Å². The number of likely N-dealkylation sites (N-methyl/N-ethyl adjacent to an activating group) is 1. The van der Waals surface area contributed by atoms with E-state index in [0.29, 0.717) is 11.6 Å². The topological polar surface area (TPSA) is 15.3 Å². The lowest BCUT2D eigenvalue weighted by Gasteiger charge is -2.47. The second kappa shape index (κ2) is 8.97. The van der Waals surface area contributed by atoms with Gasteiger partial charge in [-0.3, -0.25) is 4.90 Å². The Kier molecular flexibility index (Phi) is 8.01. The molecule has 1 rings (SSSR count). The van der Waals surface area contributed by atoms with Gasteiger partial charge in [0.15, 0.2) is 0 Å². The summed E-state index contributed by atoms with van der Waals surface area (Å²) in [6.45, 7) is 12.8. The lowest BCUT2D eigenvalue weighted by molar-refractivity contribution is 0.0588. The van der Waals surface area contributed by atoms with Gasteiger partial charge in [0.2, 0.25) is 0 Å². The zero-order valence-corrected chi connectivity index (χ0v) is 13.8. The van der Waals surface area contributed by atoms with Crippen molar-refractivity contribution in [1.82, 2.24) is 10.2 Å². The van der Waals surface area contributed by atoms with Crippen molar-refractivity contribution >= 4 is 0 Å². The van der Waals surface area contributed by atoms with Gasteiger partial charge in [0, 0.05) is 11.6 Å². The highest BCUT2D eigenvalue weighted by Gasteiger charge is 2.44. The van der Waals surface area contributed by atoms with E-state index >= 15 is 0 Å². The summed E-state index contributed by atoms with van der Waals surface area (Å²) in [7, 11) is 0. The summed E-state index contributed by atoms with van der Waals surface area (Å²) in [6, 6.07) is 0.704. The van der Waals surface area contributed by atoms with Crippen molar-refractivity contribution in [2.24, 2.45) is 0 Å². The molecule has 1 N–H and O–H groups in total. The first kappa shape index (κ1) is 17.0. The number of nitrogens with zero attached hydrogens (tertiary/aromatic N) is 1. The number of nitrogens with one attached hydrogen (secondary N) is 1. The molecule has 114 valence electrons. The second-order valence-electron chi connectivity index (χ2n) is 6.13. The fourth-order valence-electron chi connectivity index (χ4n) is 4.01. The van der Waals surface area contributed by atoms with E-state index in [9.17, 15) is 0 Å². The molecule has 0 amide bonds. The summed E-state index contributed by atoms with van der Waals surface area (Å²) < 4.78 is 0. The zero-order chi connectivity index (χ0) is 14.1. The van der Waals surface area contributed by atoms with E-state index in [-0.39, 0.29) is 0 Å². The average molecular weight is 268 g/mol. The van der Waals surface area contributed by atoms with Crippen LogP contribution in [0.15, 0.2) is 0 Å². The Morgan fingerprint density at radius 1 is 1.00 bits per heavy atom. The van der Waals surface area contributed by atoms with Crippen LogP contribution in [0.5, 0.6) is 0 Å². The van der Waals surface area contributed by atoms with E-state index in [1.54, 1.807) is 0 Å². The maximum absolute atomic E-state index is 3.89. The van der Waals surface area contributed by atoms with Crippen LogP contribution in [0.1, 0.15) is 79.1 Å². The number of hydrogen-bond donors (Lipinski definition) is 1. The van der Waals surface area contributed by atoms with Gasteiger partial charge >= 0.3 is 0 Å². The van der Waals surface area contributed by atoms with Crippen LogP contribution >= 0.6 is 0 Å². The average Bonchev–Trinajstić information content (AvgIpc) is 2.91. The third-order valence-corrected chi connectivity index (χ3v) is 5.00. The zero-order valence-electron chi connectivity index (χ0n) is 13.8. The summed E-state index contributed by atoms with van der Waals surface area (Å²) in [6.07, 6.45) is 10.9. The summed E-state index contributed by atoms with van der Waals surface area (Å²) in [4.78, 5) is 2.75. The molecule has 0 aromatic carbocycles. The fourth-order valence-corrected chi connectivity index (χ4v) is 4.01. The summed E-state index contributed by atoms with van der Waals surface area (Å²) in [5, 5.41) is 3.89. The van der Waals surface area contributed by atoms with Gasteiger partial charge in [-0.2, -0.15) is 0 Å². The molecule has 1 fully saturated rings. The highest BCUT2D eigenvalue weighted by atomic mass is 15.2. The predicted molar refractivity (Wildman–Crippen MR) is 85.7 cm³/mol. The van der Waals surface area contributed by atoms with Gasteiger partial charge in [0.25, 0.3) is 0 Å². The molecule has 1 saturated carbocycles. The number of unbranched alkanes of at least 4 members (excludes halogenated alkanes) is 1. The third kappa shape index (κ3) is 4.19. The first-order chi connectivity index (χ1) is 9.25. The Morgan fingerprint density at radius 3 is 2.11 bits per heavy atom. The Bertz CT molecular complexity index is 209. The Hall–Kier alpha value is -0.0800. The van der Waals surface area contributed by atoms with Crippen molar-refractivity contribution in [3.05, 3.63) is 0 Å². The highest BCUT2D eigenvalue weighted by molar-refractivity contribution is 5.03. The molecule has 0 spiro atoms. The van der Waals surface area contributed by atoms with Crippen LogP contribution in [-0.4, -0.2) is 36.1 Å². The van der Waals surface area contributed by atoms with Gasteiger partial charge in [-0.05, 0) is 45.3 Å². The quantitative estimate of drug-likeness (QED) is 0.639. The van der Waals surface area contributed by atoms with Crippen LogP contribution in [0.3, 0.4) is 0 Å². The van der Waals surface area contributed by atoms with E-state index in [1.807, 2.05) is 0 Å². The lowest BCUT2D eigenvalue weighted by atomic mass is 9.83. The maximum Gasteiger partial charge on any atom is 0.0362 e. The molecule has 0 heterocycles. The molecule has 0 aromatic heterocycles. The standard InChI is InChI=1S/C17H36N2/c1-5-9-12-16(18-15-6-2)17(13-10-11-14-17)19(7-3)8-4/h16,18H,5-15H2,1-4H3. The predicted octanol–water partition coefficient (Wildman–Crippen LogP) is 4.20. The largest absolute Gasteiger partial charge is 0.312 e. The molecule has 0 bridgehead atoms. The second-order valence-corrected chi connectivity index (χ2v) is 6.13. The van der Waals surface area contributed by atoms with Gasteiger partial charge in [-0.1, -0.05) is 53.4 Å². The van der Waals surface area contributed by atoms with Crippen LogP contribution in [0.2, 0.25) is 0 Å². The monoisotopic (exact) mass is 268 g/mol. The minimum atomic E-state index is 0.452. The molecule has 0 aromatic rings. The molecular formula is C17H36N2. The van der Waals surface area contributed by atoms with Gasteiger partial charge in [-0.25, -0.2) is 0 Å². The summed E-state index contributed by atoms with van der Waals surface area (Å²) in [5.74, 6) is 0. The fraction of sp³-hybridized carbons (Fsp3) is 1.00. The van der Waals surface area contributed by atoms with Crippen LogP contribution in [-0.2, 0) is 0 Å². The molecule has 0 radical (unpaired) electrons. The van der Waals surface area contributed by atoms with Crippen molar-refractivity contribution < 1.29 is 0 Å². The molecular weight excluding hydrogens is 232 g/mol. The Labute approximate surface area is 121 Å². The normalized spacial score (nSPS) is 20.1. The van der Waals surface area contributed by atoms with Gasteiger partial charge in [-0.15, -0.1) is 0 Å². The molecule has 2 heteroatoms. The van der Waals surface area contributed by atoms with Crippen LogP contribution in [0.25, 0.3) is 0 Å². The molecule has 0 aliphatic heterocycles. The van der Waals surface area contributed by atoms with Crippen molar-refractivity contribution in [2.75, 3.05) is 19.6 Å². The molecule has 1 unspecified atom stereocenters. The van der Waals surface area contributed by atoms with Gasteiger partial charge in [0.05, 0.1) is 0 Å². The molecule has 19 heavy (non-hydrogen) atoms. The Morgan fingerprint density at radius 2 is 1.63 bits per heavy atom. The van der Waals surface area contributed by atoms with E-state index in [4.69, 9.17) is 0 Å². The molecule has 1 aliphatic carbocycles. The maximum atomic E-state index is 3.89. The minimum Gasteiger partial charge on any atom is -0.312 e. The van der Waals surface area contributed by atoms with Crippen LogP contribution in [0, 0.1) is 0 Å². The third-order valence-electron chi connectivity index (χ3n) is 5.00. The number of hydrogen-bond acceptors (Lipinski definition) is 2. The van der Waals surface area contributed by atoms with Crippen molar-refractivity contribution in [2.45, 2.75) is 90.6 Å². The molecule has 0 saturated heterocycles. The highest BCUT2D eigenvalue weighted by Crippen LogP contribution is 2.39. The summed E-state index contributed by atoms with van der Waals surface area (Å²) in [5.41, 5.74) is 0.452. The Balaban J connectivity index is 2.82. The van der Waals surface area contributed by atoms with Crippen LogP contribution in [0.4, 0.5) is 0 Å². The van der Waals surface area contributed by atoms with E-state index in [2.05, 4.69) is 37.9 Å². The van der Waals surface area contributed by atoms with E-state index < -0.39 is 0 Å². The first-order valence-electron chi connectivity index (χ1n) is 8.73. The lowest BCUT2D eigenvalue weighted by Crippen LogP contribution is -2.60. The van der Waals surface area contributed by atoms with Gasteiger partial charge < -0.3 is 5.32 Å². The smallest absolute Gasteiger partial charge is 0.0362 e. The van der Waals surface area contributed by atoms with Crippen molar-refractivity contribution in [3.63, 3.8) is 0 Å². The molecule has 2 nitrogen and oxygen atoms in total. The minimum absolute atomic E-state index is 0.452. The van der Waals surface area contributed by atoms with Gasteiger partial charge in [0.1, 0.15) is 0 Å². The summed E-state index contributed by atoms with van der Waals surface area (Å²) >= 11 is 0. The van der Waals surface area contributed by atoms with Crippen molar-refractivity contribution in [1.29, 1.82) is 0 Å². The molecule has 1 atom stereocenters. The molecule has 1 aliphatic rings. The first-order valence-corrected chi connectivity index (χ1v) is 8.73. The van der Waals surface area contributed by atoms with Crippen LogP contribution < -0.4 is 5.32 Å². The number of rotatable bonds is 10.